The average molecular weight is 400 g/mol. The Labute approximate surface area is 169 Å². The molecular weight excluding hydrogens is 374 g/mol. The number of anilines is 1. The monoisotopic (exact) mass is 399 g/mol. The van der Waals surface area contributed by atoms with E-state index in [0.717, 1.165) is 32.7 Å². The summed E-state index contributed by atoms with van der Waals surface area (Å²) in [7, 11) is 1.33. The standard InChI is InChI=1S/C21H25N3O3S/c1-27-21(26)18-9-15-28-20(18)22-19(25)16-24-13-11-23(12-14-24)10-5-8-17-6-3-2-4-7-17/h2-9,15H,10-14,16H2,1H3,(H,22,25)/b8-5+. The molecule has 0 atom stereocenters. The van der Waals surface area contributed by atoms with Crippen LogP contribution in [0.4, 0.5) is 5.00 Å². The van der Waals surface area contributed by atoms with Crippen LogP contribution in [0.2, 0.25) is 0 Å². The summed E-state index contributed by atoms with van der Waals surface area (Å²) < 4.78 is 4.73. The van der Waals surface area contributed by atoms with Gasteiger partial charge in [-0.2, -0.15) is 0 Å². The molecule has 2 heterocycles. The SMILES string of the molecule is COC(=O)c1ccsc1NC(=O)CN1CCN(C/C=C/c2ccccc2)CC1. The van der Waals surface area contributed by atoms with Crippen LogP contribution in [0.5, 0.6) is 0 Å². The Kier molecular flexibility index (Phi) is 7.36. The summed E-state index contributed by atoms with van der Waals surface area (Å²) >= 11 is 1.32. The maximum absolute atomic E-state index is 12.3. The number of hydrogen-bond acceptors (Lipinski definition) is 6. The van der Waals surface area contributed by atoms with Crippen molar-refractivity contribution < 1.29 is 14.3 Å². The number of piperazine rings is 1. The molecule has 1 N–H and O–H groups in total. The van der Waals surface area contributed by atoms with E-state index in [9.17, 15) is 9.59 Å². The van der Waals surface area contributed by atoms with Crippen molar-refractivity contribution in [3.8, 4) is 0 Å². The van der Waals surface area contributed by atoms with Crippen LogP contribution >= 0.6 is 11.3 Å². The van der Waals surface area contributed by atoms with Gasteiger partial charge in [-0.25, -0.2) is 4.79 Å². The third-order valence-corrected chi connectivity index (χ3v) is 5.46. The molecule has 1 fully saturated rings. The van der Waals surface area contributed by atoms with Crippen molar-refractivity contribution in [2.45, 2.75) is 0 Å². The fourth-order valence-corrected chi connectivity index (χ4v) is 3.87. The summed E-state index contributed by atoms with van der Waals surface area (Å²) in [6.07, 6.45) is 4.32. The molecule has 1 amide bonds. The van der Waals surface area contributed by atoms with E-state index < -0.39 is 5.97 Å². The second-order valence-corrected chi connectivity index (χ2v) is 7.51. The fourth-order valence-electron chi connectivity index (χ4n) is 3.08. The Hall–Kier alpha value is -2.48. The zero-order valence-corrected chi connectivity index (χ0v) is 16.8. The zero-order valence-electron chi connectivity index (χ0n) is 16.0. The number of nitrogens with one attached hydrogen (secondary N) is 1. The molecule has 1 aliphatic heterocycles. The zero-order chi connectivity index (χ0) is 19.8. The minimum Gasteiger partial charge on any atom is -0.465 e. The van der Waals surface area contributed by atoms with Gasteiger partial charge in [0.05, 0.1) is 19.2 Å². The van der Waals surface area contributed by atoms with E-state index >= 15 is 0 Å². The number of hydrogen-bond donors (Lipinski definition) is 1. The number of thiophene rings is 1. The van der Waals surface area contributed by atoms with Gasteiger partial charge in [0, 0.05) is 32.7 Å². The van der Waals surface area contributed by atoms with Crippen molar-refractivity contribution in [3.05, 3.63) is 59.0 Å². The molecule has 2 aromatic rings. The Morgan fingerprint density at radius 1 is 1.11 bits per heavy atom. The predicted molar refractivity (Wildman–Crippen MR) is 113 cm³/mol. The molecule has 6 nitrogen and oxygen atoms in total. The molecule has 0 saturated carbocycles. The van der Waals surface area contributed by atoms with Gasteiger partial charge >= 0.3 is 5.97 Å². The molecule has 1 aromatic heterocycles. The first kappa shape index (κ1) is 20.3. The number of ether oxygens (including phenoxy) is 1. The lowest BCUT2D eigenvalue weighted by atomic mass is 10.2. The summed E-state index contributed by atoms with van der Waals surface area (Å²) in [4.78, 5) is 28.5. The van der Waals surface area contributed by atoms with Gasteiger partial charge in [-0.15, -0.1) is 11.3 Å². The van der Waals surface area contributed by atoms with Crippen molar-refractivity contribution in [1.82, 2.24) is 9.80 Å². The van der Waals surface area contributed by atoms with Gasteiger partial charge in [0.25, 0.3) is 0 Å². The summed E-state index contributed by atoms with van der Waals surface area (Å²) in [5.41, 5.74) is 1.61. The first-order valence-corrected chi connectivity index (χ1v) is 10.2. The third kappa shape index (κ3) is 5.76. The van der Waals surface area contributed by atoms with Gasteiger partial charge < -0.3 is 10.1 Å². The lowest BCUT2D eigenvalue weighted by molar-refractivity contribution is -0.117. The van der Waals surface area contributed by atoms with Gasteiger partial charge in [0.2, 0.25) is 5.91 Å². The van der Waals surface area contributed by atoms with Crippen molar-refractivity contribution in [1.29, 1.82) is 0 Å². The van der Waals surface area contributed by atoms with E-state index in [4.69, 9.17) is 4.74 Å². The highest BCUT2D eigenvalue weighted by atomic mass is 32.1. The van der Waals surface area contributed by atoms with E-state index in [0.29, 0.717) is 17.1 Å². The second kappa shape index (κ2) is 10.2. The van der Waals surface area contributed by atoms with E-state index in [2.05, 4.69) is 39.4 Å². The highest BCUT2D eigenvalue weighted by Crippen LogP contribution is 2.23. The van der Waals surface area contributed by atoms with Crippen LogP contribution in [0.25, 0.3) is 6.08 Å². The van der Waals surface area contributed by atoms with E-state index in [1.165, 1.54) is 24.0 Å². The minimum atomic E-state index is -0.436. The van der Waals surface area contributed by atoms with Crippen LogP contribution in [-0.2, 0) is 9.53 Å². The van der Waals surface area contributed by atoms with Crippen LogP contribution in [0.15, 0.2) is 47.9 Å². The lowest BCUT2D eigenvalue weighted by Gasteiger charge is -2.33. The molecule has 1 aromatic carbocycles. The van der Waals surface area contributed by atoms with Crippen molar-refractivity contribution >= 4 is 34.3 Å². The van der Waals surface area contributed by atoms with Gasteiger partial charge in [-0.3, -0.25) is 14.6 Å². The Morgan fingerprint density at radius 3 is 2.54 bits per heavy atom. The summed E-state index contributed by atoms with van der Waals surface area (Å²) in [6, 6.07) is 11.9. The van der Waals surface area contributed by atoms with Crippen molar-refractivity contribution in [2.24, 2.45) is 0 Å². The number of benzene rings is 1. The number of nitrogens with zero attached hydrogens (tertiary/aromatic N) is 2. The number of carbonyl (C=O) groups excluding carboxylic acids is 2. The molecule has 1 saturated heterocycles. The van der Waals surface area contributed by atoms with Crippen LogP contribution < -0.4 is 5.32 Å². The van der Waals surface area contributed by atoms with Crippen LogP contribution in [0.3, 0.4) is 0 Å². The highest BCUT2D eigenvalue weighted by molar-refractivity contribution is 7.14. The fraction of sp³-hybridized carbons (Fsp3) is 0.333. The molecule has 0 spiro atoms. The van der Waals surface area contributed by atoms with Crippen molar-refractivity contribution in [3.63, 3.8) is 0 Å². The van der Waals surface area contributed by atoms with Crippen molar-refractivity contribution in [2.75, 3.05) is 51.7 Å². The summed E-state index contributed by atoms with van der Waals surface area (Å²) in [5.74, 6) is -0.543. The number of esters is 1. The Bertz CT molecular complexity index is 811. The third-order valence-electron chi connectivity index (χ3n) is 4.63. The largest absolute Gasteiger partial charge is 0.465 e. The predicted octanol–water partition coefficient (Wildman–Crippen LogP) is 2.80. The van der Waals surface area contributed by atoms with Crippen LogP contribution in [-0.4, -0.2) is 68.1 Å². The molecule has 148 valence electrons. The molecule has 0 unspecified atom stereocenters. The van der Waals surface area contributed by atoms with Gasteiger partial charge in [0.15, 0.2) is 0 Å². The van der Waals surface area contributed by atoms with E-state index in [1.54, 1.807) is 11.4 Å². The molecule has 0 aliphatic carbocycles. The molecule has 0 bridgehead atoms. The first-order chi connectivity index (χ1) is 13.7. The Balaban J connectivity index is 1.40. The van der Waals surface area contributed by atoms with Gasteiger partial charge in [-0.1, -0.05) is 42.5 Å². The lowest BCUT2D eigenvalue weighted by Crippen LogP contribution is -2.48. The molecular formula is C21H25N3O3S. The second-order valence-electron chi connectivity index (χ2n) is 6.59. The molecule has 1 aliphatic rings. The summed E-state index contributed by atoms with van der Waals surface area (Å²) in [5, 5.41) is 5.14. The summed E-state index contributed by atoms with van der Waals surface area (Å²) in [6.45, 7) is 4.79. The number of rotatable bonds is 7. The number of amides is 1. The Morgan fingerprint density at radius 2 is 1.82 bits per heavy atom. The smallest absolute Gasteiger partial charge is 0.340 e. The minimum absolute atomic E-state index is 0.106. The van der Waals surface area contributed by atoms with Gasteiger partial charge in [0.1, 0.15) is 5.00 Å². The van der Waals surface area contributed by atoms with Crippen LogP contribution in [0, 0.1) is 0 Å². The topological polar surface area (TPSA) is 61.9 Å². The van der Waals surface area contributed by atoms with E-state index in [-0.39, 0.29) is 5.91 Å². The molecule has 7 heteroatoms. The molecule has 0 radical (unpaired) electrons. The quantitative estimate of drug-likeness (QED) is 0.726. The maximum Gasteiger partial charge on any atom is 0.340 e. The number of carbonyl (C=O) groups is 2. The van der Waals surface area contributed by atoms with Gasteiger partial charge in [-0.05, 0) is 17.0 Å². The maximum atomic E-state index is 12.3. The normalized spacial score (nSPS) is 15.6. The van der Waals surface area contributed by atoms with Crippen LogP contribution in [0.1, 0.15) is 15.9 Å². The van der Waals surface area contributed by atoms with E-state index in [1.807, 2.05) is 18.2 Å². The number of methoxy groups -OCH3 is 1. The average Bonchev–Trinajstić information content (AvgIpc) is 3.17. The highest BCUT2D eigenvalue weighted by Gasteiger charge is 2.20. The first-order valence-electron chi connectivity index (χ1n) is 9.27. The molecule has 3 rings (SSSR count). The molecule has 28 heavy (non-hydrogen) atoms.